The Morgan fingerprint density at radius 2 is 1.86 bits per heavy atom. The van der Waals surface area contributed by atoms with E-state index in [1.807, 2.05) is 10.9 Å². The zero-order valence-electron chi connectivity index (χ0n) is 18.6. The SMILES string of the molecule is Fc1cc(C(F)(F)F)ccc1/C=C/c1nc(CSc2ccc(CCCCn3ccnn3)cc2)co1. The van der Waals surface area contributed by atoms with Gasteiger partial charge in [-0.3, -0.25) is 4.68 Å². The van der Waals surface area contributed by atoms with Crippen LogP contribution in [0.25, 0.3) is 12.2 Å². The highest BCUT2D eigenvalue weighted by atomic mass is 32.2. The lowest BCUT2D eigenvalue weighted by Gasteiger charge is -2.07. The molecule has 0 atom stereocenters. The van der Waals surface area contributed by atoms with Crippen molar-refractivity contribution in [2.24, 2.45) is 0 Å². The zero-order chi connectivity index (χ0) is 24.7. The van der Waals surface area contributed by atoms with Crippen LogP contribution in [0.1, 0.15) is 41.1 Å². The van der Waals surface area contributed by atoms with Gasteiger partial charge in [0.15, 0.2) is 0 Å². The standard InChI is InChI=1S/C25H22F4N4OS/c26-23-15-20(25(27,28)29)8-6-19(23)7-11-24-31-21(16-34-24)17-35-22-9-4-18(5-10-22)3-1-2-13-33-14-12-30-32-33/h4-12,14-16H,1-3,13,17H2/b11-7+. The number of nitrogens with zero attached hydrogens (tertiary/aromatic N) is 4. The summed E-state index contributed by atoms with van der Waals surface area (Å²) in [5.74, 6) is -0.123. The Kier molecular flexibility index (Phi) is 8.02. The third-order valence-corrected chi connectivity index (χ3v) is 6.23. The first-order valence-corrected chi connectivity index (χ1v) is 11.9. The second-order valence-electron chi connectivity index (χ2n) is 7.80. The van der Waals surface area contributed by atoms with Crippen molar-refractivity contribution in [1.82, 2.24) is 20.0 Å². The lowest BCUT2D eigenvalue weighted by molar-refractivity contribution is -0.137. The van der Waals surface area contributed by atoms with E-state index in [1.165, 1.54) is 24.0 Å². The molecule has 5 nitrogen and oxygen atoms in total. The molecule has 0 bridgehead atoms. The lowest BCUT2D eigenvalue weighted by Crippen LogP contribution is -2.05. The summed E-state index contributed by atoms with van der Waals surface area (Å²) in [6, 6.07) is 10.8. The maximum absolute atomic E-state index is 14.0. The van der Waals surface area contributed by atoms with Crippen molar-refractivity contribution < 1.29 is 22.0 Å². The van der Waals surface area contributed by atoms with E-state index in [9.17, 15) is 17.6 Å². The van der Waals surface area contributed by atoms with Crippen LogP contribution in [-0.4, -0.2) is 20.0 Å². The van der Waals surface area contributed by atoms with Crippen LogP contribution in [-0.2, 0) is 24.9 Å². The third-order valence-electron chi connectivity index (χ3n) is 5.19. The topological polar surface area (TPSA) is 56.7 Å². The number of halogens is 4. The second kappa shape index (κ2) is 11.4. The van der Waals surface area contributed by atoms with Gasteiger partial charge in [0.2, 0.25) is 5.89 Å². The van der Waals surface area contributed by atoms with Gasteiger partial charge in [-0.05, 0) is 55.2 Å². The van der Waals surface area contributed by atoms with Gasteiger partial charge < -0.3 is 4.42 Å². The average molecular weight is 503 g/mol. The summed E-state index contributed by atoms with van der Waals surface area (Å²) in [6.07, 6.45) is 6.33. The van der Waals surface area contributed by atoms with Gasteiger partial charge in [0.25, 0.3) is 0 Å². The quantitative estimate of drug-likeness (QED) is 0.134. The van der Waals surface area contributed by atoms with E-state index in [0.29, 0.717) is 17.5 Å². The van der Waals surface area contributed by atoms with Crippen LogP contribution in [0.2, 0.25) is 0 Å². The van der Waals surface area contributed by atoms with Crippen molar-refractivity contribution in [3.05, 3.63) is 95.2 Å². The van der Waals surface area contributed by atoms with Crippen LogP contribution >= 0.6 is 11.8 Å². The van der Waals surface area contributed by atoms with Crippen molar-refractivity contribution >= 4 is 23.9 Å². The van der Waals surface area contributed by atoms with Crippen molar-refractivity contribution in [2.45, 2.75) is 42.6 Å². The van der Waals surface area contributed by atoms with Crippen LogP contribution in [0.15, 0.2) is 70.4 Å². The maximum Gasteiger partial charge on any atom is 0.416 e. The van der Waals surface area contributed by atoms with Crippen LogP contribution in [0.3, 0.4) is 0 Å². The molecule has 0 fully saturated rings. The molecule has 2 heterocycles. The Morgan fingerprint density at radius 1 is 1.03 bits per heavy atom. The van der Waals surface area contributed by atoms with E-state index in [1.54, 1.807) is 18.0 Å². The molecule has 2 aromatic heterocycles. The maximum atomic E-state index is 14.0. The van der Waals surface area contributed by atoms with E-state index in [-0.39, 0.29) is 11.5 Å². The molecule has 0 saturated heterocycles. The van der Waals surface area contributed by atoms with Gasteiger partial charge in [0, 0.05) is 35.0 Å². The number of hydrogen-bond donors (Lipinski definition) is 0. The molecule has 4 rings (SSSR count). The van der Waals surface area contributed by atoms with Gasteiger partial charge in [-0.1, -0.05) is 23.4 Å². The largest absolute Gasteiger partial charge is 0.445 e. The van der Waals surface area contributed by atoms with E-state index in [0.717, 1.165) is 42.8 Å². The summed E-state index contributed by atoms with van der Waals surface area (Å²) in [5.41, 5.74) is 0.974. The highest BCUT2D eigenvalue weighted by Gasteiger charge is 2.30. The number of hydrogen-bond acceptors (Lipinski definition) is 5. The number of unbranched alkanes of at least 4 members (excludes halogenated alkanes) is 1. The fraction of sp³-hybridized carbons (Fsp3) is 0.240. The molecule has 0 radical (unpaired) electrons. The summed E-state index contributed by atoms with van der Waals surface area (Å²) >= 11 is 1.61. The summed E-state index contributed by atoms with van der Waals surface area (Å²) < 4.78 is 59.1. The summed E-state index contributed by atoms with van der Waals surface area (Å²) in [6.45, 7) is 0.863. The first-order valence-electron chi connectivity index (χ1n) is 10.9. The number of thioether (sulfide) groups is 1. The van der Waals surface area contributed by atoms with Crippen LogP contribution in [0.5, 0.6) is 0 Å². The Labute approximate surface area is 203 Å². The molecule has 0 aliphatic rings. The number of benzene rings is 2. The van der Waals surface area contributed by atoms with Gasteiger partial charge in [-0.25, -0.2) is 9.37 Å². The Morgan fingerprint density at radius 3 is 2.57 bits per heavy atom. The fourth-order valence-electron chi connectivity index (χ4n) is 3.33. The number of alkyl halides is 3. The predicted octanol–water partition coefficient (Wildman–Crippen LogP) is 6.91. The van der Waals surface area contributed by atoms with Crippen molar-refractivity contribution in [3.63, 3.8) is 0 Å². The molecular weight excluding hydrogens is 480 g/mol. The summed E-state index contributed by atoms with van der Waals surface area (Å²) in [7, 11) is 0. The lowest BCUT2D eigenvalue weighted by atomic mass is 10.1. The molecule has 2 aromatic carbocycles. The molecule has 0 amide bonds. The first-order chi connectivity index (χ1) is 16.9. The Balaban J connectivity index is 1.24. The van der Waals surface area contributed by atoms with E-state index in [4.69, 9.17) is 4.42 Å². The van der Waals surface area contributed by atoms with Gasteiger partial charge >= 0.3 is 6.18 Å². The van der Waals surface area contributed by atoms with Crippen LogP contribution < -0.4 is 0 Å². The highest BCUT2D eigenvalue weighted by molar-refractivity contribution is 7.98. The van der Waals surface area contributed by atoms with Gasteiger partial charge in [-0.15, -0.1) is 16.9 Å². The van der Waals surface area contributed by atoms with E-state index < -0.39 is 17.6 Å². The minimum Gasteiger partial charge on any atom is -0.445 e. The fourth-order valence-corrected chi connectivity index (χ4v) is 4.11. The number of rotatable bonds is 10. The molecule has 182 valence electrons. The smallest absolute Gasteiger partial charge is 0.416 e. The average Bonchev–Trinajstić information content (AvgIpc) is 3.52. The minimum atomic E-state index is -4.59. The molecule has 0 unspecified atom stereocenters. The molecule has 35 heavy (non-hydrogen) atoms. The molecule has 10 heteroatoms. The van der Waals surface area contributed by atoms with E-state index in [2.05, 4.69) is 39.6 Å². The molecular formula is C25H22F4N4OS. The second-order valence-corrected chi connectivity index (χ2v) is 8.85. The van der Waals surface area contributed by atoms with Gasteiger partial charge in [0.05, 0.1) is 17.5 Å². The molecule has 4 aromatic rings. The number of aryl methyl sites for hydroxylation is 2. The monoisotopic (exact) mass is 502 g/mol. The number of oxazole rings is 1. The highest BCUT2D eigenvalue weighted by Crippen LogP contribution is 2.30. The molecule has 0 aliphatic carbocycles. The van der Waals surface area contributed by atoms with Crippen molar-refractivity contribution in [1.29, 1.82) is 0 Å². The van der Waals surface area contributed by atoms with Gasteiger partial charge in [0.1, 0.15) is 12.1 Å². The normalized spacial score (nSPS) is 12.0. The zero-order valence-corrected chi connectivity index (χ0v) is 19.4. The van der Waals surface area contributed by atoms with Crippen LogP contribution in [0, 0.1) is 5.82 Å². The molecule has 0 spiro atoms. The Hall–Kier alpha value is -3.40. The first kappa shape index (κ1) is 24.7. The summed E-state index contributed by atoms with van der Waals surface area (Å²) in [5, 5.41) is 7.75. The molecule has 0 saturated carbocycles. The van der Waals surface area contributed by atoms with Gasteiger partial charge in [-0.2, -0.15) is 13.2 Å². The Bertz CT molecular complexity index is 1250. The van der Waals surface area contributed by atoms with Crippen molar-refractivity contribution in [2.75, 3.05) is 0 Å². The summed E-state index contributed by atoms with van der Waals surface area (Å²) in [4.78, 5) is 5.43. The van der Waals surface area contributed by atoms with Crippen LogP contribution in [0.4, 0.5) is 17.6 Å². The molecule has 0 N–H and O–H groups in total. The van der Waals surface area contributed by atoms with E-state index >= 15 is 0 Å². The number of aromatic nitrogens is 4. The molecule has 0 aliphatic heterocycles. The van der Waals surface area contributed by atoms with Crippen molar-refractivity contribution in [3.8, 4) is 0 Å². The predicted molar refractivity (Wildman–Crippen MR) is 126 cm³/mol. The third kappa shape index (κ3) is 7.29. The minimum absolute atomic E-state index is 0.0191.